The van der Waals surface area contributed by atoms with Crippen molar-refractivity contribution in [1.82, 2.24) is 4.98 Å². The van der Waals surface area contributed by atoms with E-state index in [1.807, 2.05) is 0 Å². The van der Waals surface area contributed by atoms with Crippen LogP contribution in [0.3, 0.4) is 0 Å². The molecule has 2 rings (SSSR count). The zero-order valence-corrected chi connectivity index (χ0v) is 9.86. The fourth-order valence-electron chi connectivity index (χ4n) is 1.55. The van der Waals surface area contributed by atoms with Crippen LogP contribution in [0.15, 0.2) is 42.7 Å². The van der Waals surface area contributed by atoms with Crippen LogP contribution < -0.4 is 10.6 Å². The van der Waals surface area contributed by atoms with Crippen LogP contribution in [0.1, 0.15) is 17.3 Å². The van der Waals surface area contributed by atoms with Crippen LogP contribution in [-0.2, 0) is 4.79 Å². The highest BCUT2D eigenvalue weighted by atomic mass is 16.2. The smallest absolute Gasteiger partial charge is 0.257 e. The number of aromatic nitrogens is 1. The predicted molar refractivity (Wildman–Crippen MR) is 69.5 cm³/mol. The fourth-order valence-corrected chi connectivity index (χ4v) is 1.55. The minimum absolute atomic E-state index is 0.149. The molecule has 0 aliphatic carbocycles. The zero-order valence-electron chi connectivity index (χ0n) is 9.86. The van der Waals surface area contributed by atoms with Crippen LogP contribution in [0.2, 0.25) is 0 Å². The second-order valence-electron chi connectivity index (χ2n) is 3.82. The Morgan fingerprint density at radius 1 is 1.11 bits per heavy atom. The average molecular weight is 243 g/mol. The molecule has 0 spiro atoms. The van der Waals surface area contributed by atoms with Crippen LogP contribution in [0.4, 0.5) is 11.4 Å². The number of anilines is 2. The Morgan fingerprint density at radius 2 is 1.83 bits per heavy atom. The Kier molecular flexibility index (Phi) is 3.43. The Hall–Kier alpha value is -2.56. The third-order valence-electron chi connectivity index (χ3n) is 2.30. The van der Waals surface area contributed by atoms with Gasteiger partial charge < -0.3 is 15.6 Å². The van der Waals surface area contributed by atoms with E-state index < -0.39 is 0 Å². The lowest BCUT2D eigenvalue weighted by Gasteiger charge is -2.06. The minimum atomic E-state index is -0.198. The van der Waals surface area contributed by atoms with Crippen LogP contribution in [0.25, 0.3) is 0 Å². The number of nitrogens with one attached hydrogen (secondary N) is 3. The van der Waals surface area contributed by atoms with Gasteiger partial charge in [0.25, 0.3) is 5.91 Å². The van der Waals surface area contributed by atoms with Gasteiger partial charge in [-0.3, -0.25) is 9.59 Å². The van der Waals surface area contributed by atoms with Gasteiger partial charge in [-0.25, -0.2) is 0 Å². The summed E-state index contributed by atoms with van der Waals surface area (Å²) in [5, 5.41) is 5.40. The first-order chi connectivity index (χ1) is 8.65. The van der Waals surface area contributed by atoms with Gasteiger partial charge in [0, 0.05) is 30.7 Å². The van der Waals surface area contributed by atoms with Crippen molar-refractivity contribution in [2.75, 3.05) is 10.6 Å². The Bertz CT molecular complexity index is 561. The van der Waals surface area contributed by atoms with Crippen molar-refractivity contribution in [2.24, 2.45) is 0 Å². The van der Waals surface area contributed by atoms with E-state index in [9.17, 15) is 9.59 Å². The number of carbonyl (C=O) groups excluding carboxylic acids is 2. The van der Waals surface area contributed by atoms with Gasteiger partial charge in [0.1, 0.15) is 0 Å². The Balaban J connectivity index is 2.10. The third kappa shape index (κ3) is 2.98. The van der Waals surface area contributed by atoms with Gasteiger partial charge in [-0.15, -0.1) is 0 Å². The molecular formula is C13H13N3O2. The molecule has 0 aliphatic heterocycles. The summed E-state index contributed by atoms with van der Waals surface area (Å²) in [5.74, 6) is -0.347. The second-order valence-corrected chi connectivity index (χ2v) is 3.82. The molecule has 0 bridgehead atoms. The molecule has 0 saturated carbocycles. The largest absolute Gasteiger partial charge is 0.367 e. The second kappa shape index (κ2) is 5.18. The van der Waals surface area contributed by atoms with E-state index in [0.29, 0.717) is 16.9 Å². The van der Waals surface area contributed by atoms with Gasteiger partial charge in [0.15, 0.2) is 0 Å². The molecule has 18 heavy (non-hydrogen) atoms. The first-order valence-corrected chi connectivity index (χ1v) is 5.47. The van der Waals surface area contributed by atoms with E-state index in [1.165, 1.54) is 6.92 Å². The van der Waals surface area contributed by atoms with Crippen LogP contribution in [0, 0.1) is 0 Å². The summed E-state index contributed by atoms with van der Waals surface area (Å²) < 4.78 is 0. The molecule has 0 atom stereocenters. The molecule has 2 amide bonds. The number of H-pyrrole nitrogens is 1. The molecule has 1 aromatic heterocycles. The predicted octanol–water partition coefficient (Wildman–Crippen LogP) is 2.23. The van der Waals surface area contributed by atoms with Crippen molar-refractivity contribution in [3.05, 3.63) is 48.3 Å². The number of amides is 2. The maximum Gasteiger partial charge on any atom is 0.257 e. The molecule has 0 saturated heterocycles. The number of benzene rings is 1. The summed E-state index contributed by atoms with van der Waals surface area (Å²) in [7, 11) is 0. The van der Waals surface area contributed by atoms with Gasteiger partial charge in [-0.1, -0.05) is 6.07 Å². The highest BCUT2D eigenvalue weighted by Gasteiger charge is 2.06. The quantitative estimate of drug-likeness (QED) is 0.773. The molecule has 92 valence electrons. The van der Waals surface area contributed by atoms with Crippen molar-refractivity contribution >= 4 is 23.2 Å². The van der Waals surface area contributed by atoms with E-state index in [-0.39, 0.29) is 11.8 Å². The van der Waals surface area contributed by atoms with Crippen molar-refractivity contribution in [2.45, 2.75) is 6.92 Å². The molecule has 0 unspecified atom stereocenters. The van der Waals surface area contributed by atoms with Crippen molar-refractivity contribution in [3.63, 3.8) is 0 Å². The number of aromatic amines is 1. The lowest BCUT2D eigenvalue weighted by atomic mass is 10.2. The van der Waals surface area contributed by atoms with Crippen molar-refractivity contribution in [3.8, 4) is 0 Å². The first kappa shape index (κ1) is 11.9. The number of rotatable bonds is 3. The number of hydrogen-bond acceptors (Lipinski definition) is 2. The molecule has 0 aliphatic rings. The van der Waals surface area contributed by atoms with Gasteiger partial charge in [0.2, 0.25) is 5.91 Å². The molecule has 5 heteroatoms. The van der Waals surface area contributed by atoms with Gasteiger partial charge in [-0.05, 0) is 24.3 Å². The van der Waals surface area contributed by atoms with Gasteiger partial charge in [0.05, 0.1) is 5.56 Å². The van der Waals surface area contributed by atoms with E-state index in [0.717, 1.165) is 0 Å². The molecule has 0 radical (unpaired) electrons. The SMILES string of the molecule is CC(=O)Nc1cccc(NC(=O)c2cc[nH]c2)c1. The average Bonchev–Trinajstić information content (AvgIpc) is 2.81. The molecule has 0 fully saturated rings. The highest BCUT2D eigenvalue weighted by molar-refractivity contribution is 6.04. The number of carbonyl (C=O) groups is 2. The number of hydrogen-bond donors (Lipinski definition) is 3. The molecule has 3 N–H and O–H groups in total. The molecular weight excluding hydrogens is 230 g/mol. The van der Waals surface area contributed by atoms with Crippen LogP contribution in [-0.4, -0.2) is 16.8 Å². The maximum atomic E-state index is 11.8. The molecule has 5 nitrogen and oxygen atoms in total. The van der Waals surface area contributed by atoms with Crippen molar-refractivity contribution in [1.29, 1.82) is 0 Å². The topological polar surface area (TPSA) is 74.0 Å². The lowest BCUT2D eigenvalue weighted by Crippen LogP contribution is -2.11. The summed E-state index contributed by atoms with van der Waals surface area (Å²) in [6.07, 6.45) is 3.30. The summed E-state index contributed by atoms with van der Waals surface area (Å²) >= 11 is 0. The Labute approximate surface area is 104 Å². The lowest BCUT2D eigenvalue weighted by molar-refractivity contribution is -0.114. The third-order valence-corrected chi connectivity index (χ3v) is 2.30. The first-order valence-electron chi connectivity index (χ1n) is 5.47. The summed E-state index contributed by atoms with van der Waals surface area (Å²) in [5.41, 5.74) is 1.83. The fraction of sp³-hybridized carbons (Fsp3) is 0.0769. The maximum absolute atomic E-state index is 11.8. The Morgan fingerprint density at radius 3 is 2.44 bits per heavy atom. The monoisotopic (exact) mass is 243 g/mol. The zero-order chi connectivity index (χ0) is 13.0. The highest BCUT2D eigenvalue weighted by Crippen LogP contribution is 2.15. The standard InChI is InChI=1S/C13H13N3O2/c1-9(17)15-11-3-2-4-12(7-11)16-13(18)10-5-6-14-8-10/h2-8,14H,1H3,(H,15,17)(H,16,18). The molecule has 2 aromatic rings. The molecule has 1 aromatic carbocycles. The normalized spacial score (nSPS) is 9.83. The van der Waals surface area contributed by atoms with Gasteiger partial charge >= 0.3 is 0 Å². The summed E-state index contributed by atoms with van der Waals surface area (Å²) in [4.78, 5) is 25.5. The summed E-state index contributed by atoms with van der Waals surface area (Å²) in [6.45, 7) is 1.44. The summed E-state index contributed by atoms with van der Waals surface area (Å²) in [6, 6.07) is 8.67. The van der Waals surface area contributed by atoms with Crippen LogP contribution in [0.5, 0.6) is 0 Å². The minimum Gasteiger partial charge on any atom is -0.367 e. The van der Waals surface area contributed by atoms with E-state index in [4.69, 9.17) is 0 Å². The van der Waals surface area contributed by atoms with Gasteiger partial charge in [-0.2, -0.15) is 0 Å². The van der Waals surface area contributed by atoms with E-state index in [1.54, 1.807) is 42.7 Å². The van der Waals surface area contributed by atoms with Crippen LogP contribution >= 0.6 is 0 Å². The van der Waals surface area contributed by atoms with Crippen molar-refractivity contribution < 1.29 is 9.59 Å². The molecule has 1 heterocycles. The van der Waals surface area contributed by atoms with E-state index >= 15 is 0 Å². The van der Waals surface area contributed by atoms with E-state index in [2.05, 4.69) is 15.6 Å².